The van der Waals surface area contributed by atoms with Crippen LogP contribution in [0.25, 0.3) is 0 Å². The Labute approximate surface area is 105 Å². The maximum atomic E-state index is 10.1. The number of carbonyl (C=O) groups excluding carboxylic acids is 1. The summed E-state index contributed by atoms with van der Waals surface area (Å²) in [5.74, 6) is 0. The number of hydrogen-bond acceptors (Lipinski definition) is 2. The smallest absolute Gasteiger partial charge is 0.150 e. The summed E-state index contributed by atoms with van der Waals surface area (Å²) in [5.41, 5.74) is 6.34. The largest absolute Gasteiger partial charge is 0.328 e. The molecule has 1 aliphatic rings. The number of halogens is 1. The van der Waals surface area contributed by atoms with E-state index in [2.05, 4.69) is 15.9 Å². The van der Waals surface area contributed by atoms with Gasteiger partial charge in [0.15, 0.2) is 0 Å². The highest BCUT2D eigenvalue weighted by atomic mass is 79.9. The van der Waals surface area contributed by atoms with Crippen LogP contribution in [0.5, 0.6) is 0 Å². The van der Waals surface area contributed by atoms with Gasteiger partial charge in [0, 0.05) is 16.1 Å². The van der Waals surface area contributed by atoms with Gasteiger partial charge in [0.1, 0.15) is 6.29 Å². The van der Waals surface area contributed by atoms with Crippen LogP contribution in [0.15, 0.2) is 28.7 Å². The quantitative estimate of drug-likeness (QED) is 0.801. The standard InChI is InChI=1S/C7H5BrO.C6H13N/c8-7-3-1-6(5-9)2-4-7;7-6-4-2-1-3-5-6/h1-5H;6H,1-5,7H2. The number of aldehydes is 1. The van der Waals surface area contributed by atoms with Gasteiger partial charge in [-0.15, -0.1) is 0 Å². The molecule has 88 valence electrons. The molecule has 0 bridgehead atoms. The Morgan fingerprint density at radius 3 is 2.06 bits per heavy atom. The number of carbonyl (C=O) groups is 1. The van der Waals surface area contributed by atoms with Crippen molar-refractivity contribution in [3.63, 3.8) is 0 Å². The maximum absolute atomic E-state index is 10.1. The van der Waals surface area contributed by atoms with Crippen molar-refractivity contribution in [1.82, 2.24) is 0 Å². The van der Waals surface area contributed by atoms with Gasteiger partial charge in [-0.25, -0.2) is 0 Å². The minimum atomic E-state index is 0.536. The topological polar surface area (TPSA) is 43.1 Å². The van der Waals surface area contributed by atoms with Crippen LogP contribution >= 0.6 is 15.9 Å². The van der Waals surface area contributed by atoms with Crippen molar-refractivity contribution in [2.75, 3.05) is 0 Å². The van der Waals surface area contributed by atoms with Crippen LogP contribution < -0.4 is 5.73 Å². The third-order valence-electron chi connectivity index (χ3n) is 2.66. The van der Waals surface area contributed by atoms with E-state index in [1.807, 2.05) is 12.1 Å². The second-order valence-electron chi connectivity index (χ2n) is 4.07. The first kappa shape index (κ1) is 13.4. The minimum absolute atomic E-state index is 0.536. The Morgan fingerprint density at radius 2 is 1.69 bits per heavy atom. The Bertz CT molecular complexity index is 304. The molecule has 0 spiro atoms. The fraction of sp³-hybridized carbons (Fsp3) is 0.462. The van der Waals surface area contributed by atoms with E-state index < -0.39 is 0 Å². The van der Waals surface area contributed by atoms with E-state index in [-0.39, 0.29) is 0 Å². The Balaban J connectivity index is 0.000000165. The molecule has 2 N–H and O–H groups in total. The Kier molecular flexibility index (Phi) is 6.34. The molecule has 0 radical (unpaired) electrons. The third-order valence-corrected chi connectivity index (χ3v) is 3.18. The highest BCUT2D eigenvalue weighted by Gasteiger charge is 2.06. The van der Waals surface area contributed by atoms with E-state index in [0.717, 1.165) is 10.8 Å². The summed E-state index contributed by atoms with van der Waals surface area (Å²) in [6.07, 6.45) is 7.49. The zero-order chi connectivity index (χ0) is 11.8. The zero-order valence-electron chi connectivity index (χ0n) is 9.36. The summed E-state index contributed by atoms with van der Waals surface area (Å²) in [6.45, 7) is 0. The Hall–Kier alpha value is -0.670. The van der Waals surface area contributed by atoms with Crippen molar-refractivity contribution >= 4 is 22.2 Å². The summed E-state index contributed by atoms with van der Waals surface area (Å²) in [4.78, 5) is 10.1. The second-order valence-corrected chi connectivity index (χ2v) is 4.98. The van der Waals surface area contributed by atoms with Crippen molar-refractivity contribution in [2.24, 2.45) is 5.73 Å². The van der Waals surface area contributed by atoms with Gasteiger partial charge in [0.25, 0.3) is 0 Å². The monoisotopic (exact) mass is 283 g/mol. The third kappa shape index (κ3) is 5.42. The minimum Gasteiger partial charge on any atom is -0.328 e. The molecule has 1 aromatic rings. The molecule has 0 heterocycles. The van der Waals surface area contributed by atoms with E-state index in [0.29, 0.717) is 11.6 Å². The predicted molar refractivity (Wildman–Crippen MR) is 70.6 cm³/mol. The lowest BCUT2D eigenvalue weighted by atomic mass is 9.97. The molecule has 0 aromatic heterocycles. The lowest BCUT2D eigenvalue weighted by Crippen LogP contribution is -2.22. The van der Waals surface area contributed by atoms with Crippen molar-refractivity contribution in [2.45, 2.75) is 38.1 Å². The molecule has 0 atom stereocenters. The first-order valence-electron chi connectivity index (χ1n) is 5.68. The fourth-order valence-corrected chi connectivity index (χ4v) is 1.94. The highest BCUT2D eigenvalue weighted by Crippen LogP contribution is 2.14. The molecule has 1 saturated carbocycles. The SMILES string of the molecule is NC1CCCCC1.O=Cc1ccc(Br)cc1. The number of hydrogen-bond donors (Lipinski definition) is 1. The van der Waals surface area contributed by atoms with E-state index in [1.165, 1.54) is 32.1 Å². The molecule has 2 rings (SSSR count). The first-order chi connectivity index (χ1) is 7.72. The summed E-state index contributed by atoms with van der Waals surface area (Å²) in [7, 11) is 0. The zero-order valence-corrected chi connectivity index (χ0v) is 10.9. The normalized spacial score (nSPS) is 16.1. The molecule has 2 nitrogen and oxygen atoms in total. The van der Waals surface area contributed by atoms with Crippen LogP contribution in [-0.4, -0.2) is 12.3 Å². The van der Waals surface area contributed by atoms with Gasteiger partial charge in [-0.05, 0) is 25.0 Å². The number of rotatable bonds is 1. The van der Waals surface area contributed by atoms with Gasteiger partial charge in [-0.3, -0.25) is 4.79 Å². The number of benzene rings is 1. The molecule has 0 amide bonds. The molecule has 1 fully saturated rings. The van der Waals surface area contributed by atoms with E-state index in [1.54, 1.807) is 12.1 Å². The molecular weight excluding hydrogens is 266 g/mol. The molecule has 3 heteroatoms. The predicted octanol–water partition coefficient (Wildman–Crippen LogP) is 3.54. The van der Waals surface area contributed by atoms with E-state index in [9.17, 15) is 4.79 Å². The average molecular weight is 284 g/mol. The van der Waals surface area contributed by atoms with E-state index >= 15 is 0 Å². The molecule has 1 aromatic carbocycles. The van der Waals surface area contributed by atoms with Gasteiger partial charge < -0.3 is 5.73 Å². The van der Waals surface area contributed by atoms with Crippen LogP contribution in [0.3, 0.4) is 0 Å². The lowest BCUT2D eigenvalue weighted by Gasteiger charge is -2.15. The van der Waals surface area contributed by atoms with Crippen LogP contribution in [0.1, 0.15) is 42.5 Å². The van der Waals surface area contributed by atoms with Crippen molar-refractivity contribution in [3.05, 3.63) is 34.3 Å². The van der Waals surface area contributed by atoms with Gasteiger partial charge in [-0.1, -0.05) is 47.3 Å². The fourth-order valence-electron chi connectivity index (χ4n) is 1.68. The van der Waals surface area contributed by atoms with Crippen LogP contribution in [0, 0.1) is 0 Å². The molecule has 0 aliphatic heterocycles. The maximum Gasteiger partial charge on any atom is 0.150 e. The number of nitrogens with two attached hydrogens (primary N) is 1. The molecule has 0 saturated heterocycles. The Morgan fingerprint density at radius 1 is 1.12 bits per heavy atom. The van der Waals surface area contributed by atoms with E-state index in [4.69, 9.17) is 5.73 Å². The molecule has 0 unspecified atom stereocenters. The van der Waals surface area contributed by atoms with Crippen molar-refractivity contribution in [3.8, 4) is 0 Å². The first-order valence-corrected chi connectivity index (χ1v) is 6.48. The van der Waals surface area contributed by atoms with Crippen molar-refractivity contribution in [1.29, 1.82) is 0 Å². The van der Waals surface area contributed by atoms with Gasteiger partial charge in [-0.2, -0.15) is 0 Å². The summed E-state index contributed by atoms with van der Waals surface area (Å²) in [6, 6.07) is 7.73. The summed E-state index contributed by atoms with van der Waals surface area (Å²) in [5, 5.41) is 0. The summed E-state index contributed by atoms with van der Waals surface area (Å²) >= 11 is 3.26. The van der Waals surface area contributed by atoms with Gasteiger partial charge >= 0.3 is 0 Å². The lowest BCUT2D eigenvalue weighted by molar-refractivity contribution is 0.112. The highest BCUT2D eigenvalue weighted by molar-refractivity contribution is 9.10. The second kappa shape index (κ2) is 7.58. The van der Waals surface area contributed by atoms with Crippen LogP contribution in [0.4, 0.5) is 0 Å². The van der Waals surface area contributed by atoms with Crippen LogP contribution in [0.2, 0.25) is 0 Å². The molecule has 16 heavy (non-hydrogen) atoms. The van der Waals surface area contributed by atoms with Gasteiger partial charge in [0.2, 0.25) is 0 Å². The summed E-state index contributed by atoms with van der Waals surface area (Å²) < 4.78 is 0.994. The van der Waals surface area contributed by atoms with Crippen LogP contribution in [-0.2, 0) is 0 Å². The molecule has 1 aliphatic carbocycles. The molecular formula is C13H18BrNO. The average Bonchev–Trinajstić information content (AvgIpc) is 2.32. The van der Waals surface area contributed by atoms with Gasteiger partial charge in [0.05, 0.1) is 0 Å². The van der Waals surface area contributed by atoms with Crippen molar-refractivity contribution < 1.29 is 4.79 Å².